The van der Waals surface area contributed by atoms with E-state index in [2.05, 4.69) is 4.74 Å². The van der Waals surface area contributed by atoms with Crippen LogP contribution in [0.1, 0.15) is 61.0 Å². The summed E-state index contributed by atoms with van der Waals surface area (Å²) in [5.41, 5.74) is 1.00. The van der Waals surface area contributed by atoms with Crippen molar-refractivity contribution in [2.75, 3.05) is 20.2 Å². The first-order chi connectivity index (χ1) is 11.6. The molecule has 1 aromatic carbocycles. The minimum atomic E-state index is -0.539. The Hall–Kier alpha value is -2.11. The fraction of sp³-hybridized carbons (Fsp3) is 0.579. The number of carbonyl (C=O) groups is 2. The van der Waals surface area contributed by atoms with Gasteiger partial charge in [0.1, 0.15) is 11.4 Å². The summed E-state index contributed by atoms with van der Waals surface area (Å²) in [6.45, 7) is 8.31. The third-order valence-electron chi connectivity index (χ3n) is 4.34. The van der Waals surface area contributed by atoms with E-state index < -0.39 is 17.4 Å². The van der Waals surface area contributed by atoms with Crippen LogP contribution in [0.5, 0.6) is 0 Å². The molecule has 25 heavy (non-hydrogen) atoms. The Morgan fingerprint density at radius 2 is 1.80 bits per heavy atom. The van der Waals surface area contributed by atoms with Crippen LogP contribution in [-0.2, 0) is 9.47 Å². The number of esters is 1. The highest BCUT2D eigenvalue weighted by molar-refractivity contribution is 5.91. The van der Waals surface area contributed by atoms with E-state index in [0.29, 0.717) is 37.1 Å². The van der Waals surface area contributed by atoms with Crippen LogP contribution in [0.3, 0.4) is 0 Å². The zero-order valence-electron chi connectivity index (χ0n) is 15.5. The summed E-state index contributed by atoms with van der Waals surface area (Å²) in [4.78, 5) is 25.4. The zero-order chi connectivity index (χ0) is 18.8. The van der Waals surface area contributed by atoms with Crippen LogP contribution in [0.25, 0.3) is 0 Å². The predicted octanol–water partition coefficient (Wildman–Crippen LogP) is 4.04. The molecule has 0 unspecified atom stereocenters. The van der Waals surface area contributed by atoms with E-state index in [4.69, 9.17) is 4.74 Å². The molecule has 1 fully saturated rings. The Morgan fingerprint density at radius 3 is 2.32 bits per heavy atom. The molecule has 1 heterocycles. The third-order valence-corrected chi connectivity index (χ3v) is 4.34. The number of halogens is 1. The van der Waals surface area contributed by atoms with Crippen molar-refractivity contribution in [2.24, 2.45) is 0 Å². The Morgan fingerprint density at radius 1 is 1.20 bits per heavy atom. The number of ether oxygens (including phenoxy) is 2. The number of aryl methyl sites for hydroxylation is 1. The molecule has 0 aliphatic carbocycles. The van der Waals surface area contributed by atoms with Crippen molar-refractivity contribution in [3.8, 4) is 0 Å². The van der Waals surface area contributed by atoms with Crippen LogP contribution in [0, 0.1) is 12.7 Å². The molecule has 0 N–H and O–H groups in total. The van der Waals surface area contributed by atoms with Crippen LogP contribution in [0.4, 0.5) is 9.18 Å². The molecule has 1 aliphatic heterocycles. The van der Waals surface area contributed by atoms with Gasteiger partial charge in [-0.25, -0.2) is 14.0 Å². The maximum atomic E-state index is 14.5. The first kappa shape index (κ1) is 19.2. The molecule has 1 aliphatic rings. The zero-order valence-corrected chi connectivity index (χ0v) is 15.5. The molecule has 0 aromatic heterocycles. The van der Waals surface area contributed by atoms with Crippen LogP contribution in [0.15, 0.2) is 12.1 Å². The number of rotatable bonds is 2. The van der Waals surface area contributed by atoms with E-state index in [0.717, 1.165) is 0 Å². The number of methoxy groups -OCH3 is 1. The van der Waals surface area contributed by atoms with Crippen molar-refractivity contribution in [3.63, 3.8) is 0 Å². The van der Waals surface area contributed by atoms with Crippen LogP contribution in [0.2, 0.25) is 0 Å². The van der Waals surface area contributed by atoms with Gasteiger partial charge >= 0.3 is 12.1 Å². The van der Waals surface area contributed by atoms with Crippen molar-refractivity contribution in [3.05, 3.63) is 34.6 Å². The molecule has 5 nitrogen and oxygen atoms in total. The molecule has 138 valence electrons. The number of likely N-dealkylation sites (tertiary alicyclic amines) is 1. The topological polar surface area (TPSA) is 55.8 Å². The molecule has 1 amide bonds. The number of piperidine rings is 1. The van der Waals surface area contributed by atoms with E-state index in [9.17, 15) is 14.0 Å². The predicted molar refractivity (Wildman–Crippen MR) is 92.3 cm³/mol. The SMILES string of the molecule is COC(=O)c1cc(F)c(C2CCN(C(=O)OC(C)(C)C)CC2)cc1C. The normalized spacial score (nSPS) is 15.8. The van der Waals surface area contributed by atoms with Crippen molar-refractivity contribution in [2.45, 2.75) is 52.1 Å². The number of benzene rings is 1. The van der Waals surface area contributed by atoms with Gasteiger partial charge in [0.2, 0.25) is 0 Å². The van der Waals surface area contributed by atoms with Crippen molar-refractivity contribution < 1.29 is 23.5 Å². The number of nitrogens with zero attached hydrogens (tertiary/aromatic N) is 1. The lowest BCUT2D eigenvalue weighted by atomic mass is 9.87. The molecular formula is C19H26FNO4. The molecule has 1 saturated heterocycles. The quantitative estimate of drug-likeness (QED) is 0.755. The van der Waals surface area contributed by atoms with E-state index in [1.165, 1.54) is 13.2 Å². The molecule has 0 bridgehead atoms. The molecule has 0 spiro atoms. The van der Waals surface area contributed by atoms with E-state index in [-0.39, 0.29) is 17.6 Å². The van der Waals surface area contributed by atoms with Crippen LogP contribution >= 0.6 is 0 Å². The van der Waals surface area contributed by atoms with Gasteiger partial charge in [-0.05, 0) is 63.6 Å². The Labute approximate surface area is 148 Å². The van der Waals surface area contributed by atoms with Gasteiger partial charge in [0.25, 0.3) is 0 Å². The first-order valence-electron chi connectivity index (χ1n) is 8.48. The van der Waals surface area contributed by atoms with Crippen molar-refractivity contribution in [1.82, 2.24) is 4.90 Å². The third kappa shape index (κ3) is 4.71. The average Bonchev–Trinajstić information content (AvgIpc) is 2.54. The van der Waals surface area contributed by atoms with Gasteiger partial charge in [0.15, 0.2) is 0 Å². The number of carbonyl (C=O) groups excluding carboxylic acids is 2. The lowest BCUT2D eigenvalue weighted by Crippen LogP contribution is -2.41. The molecule has 2 rings (SSSR count). The van der Waals surface area contributed by atoms with Crippen LogP contribution < -0.4 is 0 Å². The summed E-state index contributed by atoms with van der Waals surface area (Å²) in [5, 5.41) is 0. The second kappa shape index (κ2) is 7.42. The number of hydrogen-bond donors (Lipinski definition) is 0. The summed E-state index contributed by atoms with van der Waals surface area (Å²) in [6, 6.07) is 2.96. The number of amides is 1. The summed E-state index contributed by atoms with van der Waals surface area (Å²) in [7, 11) is 1.28. The fourth-order valence-electron chi connectivity index (χ4n) is 3.05. The van der Waals surface area contributed by atoms with Crippen molar-refractivity contribution in [1.29, 1.82) is 0 Å². The Balaban J connectivity index is 2.07. The van der Waals surface area contributed by atoms with Gasteiger partial charge in [-0.15, -0.1) is 0 Å². The van der Waals surface area contributed by atoms with Crippen molar-refractivity contribution >= 4 is 12.1 Å². The van der Waals surface area contributed by atoms with E-state index in [1.54, 1.807) is 17.9 Å². The van der Waals surface area contributed by atoms with E-state index in [1.807, 2.05) is 20.8 Å². The average molecular weight is 351 g/mol. The highest BCUT2D eigenvalue weighted by atomic mass is 19.1. The fourth-order valence-corrected chi connectivity index (χ4v) is 3.05. The van der Waals surface area contributed by atoms with Gasteiger partial charge in [0, 0.05) is 13.1 Å². The molecule has 0 saturated carbocycles. The largest absolute Gasteiger partial charge is 0.465 e. The first-order valence-corrected chi connectivity index (χ1v) is 8.48. The summed E-state index contributed by atoms with van der Waals surface area (Å²) in [6.07, 6.45) is 0.990. The second-order valence-electron chi connectivity index (χ2n) is 7.42. The lowest BCUT2D eigenvalue weighted by molar-refractivity contribution is 0.0204. The molecule has 1 aromatic rings. The summed E-state index contributed by atoms with van der Waals surface area (Å²) in [5.74, 6) is -0.923. The Kier molecular flexibility index (Phi) is 5.70. The highest BCUT2D eigenvalue weighted by Gasteiger charge is 2.29. The summed E-state index contributed by atoms with van der Waals surface area (Å²) >= 11 is 0. The number of hydrogen-bond acceptors (Lipinski definition) is 4. The minimum Gasteiger partial charge on any atom is -0.465 e. The van der Waals surface area contributed by atoms with Gasteiger partial charge in [0.05, 0.1) is 12.7 Å². The maximum absolute atomic E-state index is 14.5. The molecular weight excluding hydrogens is 325 g/mol. The van der Waals surface area contributed by atoms with Gasteiger partial charge in [-0.1, -0.05) is 6.07 Å². The monoisotopic (exact) mass is 351 g/mol. The smallest absolute Gasteiger partial charge is 0.410 e. The minimum absolute atomic E-state index is 0.0177. The van der Waals surface area contributed by atoms with Crippen LogP contribution in [-0.4, -0.2) is 42.8 Å². The highest BCUT2D eigenvalue weighted by Crippen LogP contribution is 2.32. The Bertz CT molecular complexity index is 658. The standard InChI is InChI=1S/C19H26FNO4/c1-12-10-15(16(20)11-14(12)17(22)24-5)13-6-8-21(9-7-13)18(23)25-19(2,3)4/h10-11,13H,6-9H2,1-5H3. The molecule has 0 atom stereocenters. The van der Waals surface area contributed by atoms with E-state index >= 15 is 0 Å². The van der Waals surface area contributed by atoms with Gasteiger partial charge in [-0.2, -0.15) is 0 Å². The van der Waals surface area contributed by atoms with Gasteiger partial charge in [-0.3, -0.25) is 0 Å². The second-order valence-corrected chi connectivity index (χ2v) is 7.42. The lowest BCUT2D eigenvalue weighted by Gasteiger charge is -2.33. The summed E-state index contributed by atoms with van der Waals surface area (Å²) < 4.78 is 24.5. The maximum Gasteiger partial charge on any atom is 0.410 e. The molecule has 0 radical (unpaired) electrons. The molecule has 6 heteroatoms. The van der Waals surface area contributed by atoms with Gasteiger partial charge < -0.3 is 14.4 Å².